The van der Waals surface area contributed by atoms with Gasteiger partial charge in [-0.1, -0.05) is 12.1 Å². The lowest BCUT2D eigenvalue weighted by Crippen LogP contribution is -2.01. The molecule has 1 N–H and O–H groups in total. The van der Waals surface area contributed by atoms with Gasteiger partial charge in [-0.05, 0) is 24.3 Å². The Morgan fingerprint density at radius 3 is 2.67 bits per heavy atom. The molecule has 0 saturated carbocycles. The standard InChI is InChI=1S/C17H12N2O5/c1-24-12-5-6-15-13(8-12)14(17(20)21)9-16(18-15)10-3-2-4-11(7-10)19(22)23/h2-9H,1H3,(H,20,21). The van der Waals surface area contributed by atoms with Gasteiger partial charge >= 0.3 is 5.97 Å². The van der Waals surface area contributed by atoms with Crippen molar-refractivity contribution in [3.63, 3.8) is 0 Å². The van der Waals surface area contributed by atoms with E-state index in [4.69, 9.17) is 4.74 Å². The van der Waals surface area contributed by atoms with Gasteiger partial charge in [-0.2, -0.15) is 0 Å². The molecule has 0 saturated heterocycles. The number of hydrogen-bond acceptors (Lipinski definition) is 5. The summed E-state index contributed by atoms with van der Waals surface area (Å²) < 4.78 is 5.12. The molecule has 120 valence electrons. The van der Waals surface area contributed by atoms with Gasteiger partial charge < -0.3 is 9.84 Å². The van der Waals surface area contributed by atoms with E-state index in [1.807, 2.05) is 0 Å². The zero-order valence-electron chi connectivity index (χ0n) is 12.6. The zero-order valence-corrected chi connectivity index (χ0v) is 12.6. The summed E-state index contributed by atoms with van der Waals surface area (Å²) in [6.45, 7) is 0. The number of rotatable bonds is 4. The molecule has 0 aliphatic heterocycles. The summed E-state index contributed by atoms with van der Waals surface area (Å²) in [6, 6.07) is 12.3. The number of aromatic nitrogens is 1. The van der Waals surface area contributed by atoms with Crippen molar-refractivity contribution in [3.05, 3.63) is 64.2 Å². The van der Waals surface area contributed by atoms with Crippen molar-refractivity contribution in [2.45, 2.75) is 0 Å². The highest BCUT2D eigenvalue weighted by molar-refractivity contribution is 6.04. The molecule has 0 radical (unpaired) electrons. The molecule has 0 amide bonds. The lowest BCUT2D eigenvalue weighted by molar-refractivity contribution is -0.384. The molecule has 1 heterocycles. The molecule has 0 atom stereocenters. The summed E-state index contributed by atoms with van der Waals surface area (Å²) in [5, 5.41) is 20.8. The van der Waals surface area contributed by atoms with Crippen molar-refractivity contribution in [1.29, 1.82) is 0 Å². The topological polar surface area (TPSA) is 103 Å². The number of fused-ring (bicyclic) bond motifs is 1. The van der Waals surface area contributed by atoms with Gasteiger partial charge in [-0.15, -0.1) is 0 Å². The van der Waals surface area contributed by atoms with E-state index in [2.05, 4.69) is 4.98 Å². The second kappa shape index (κ2) is 5.96. The van der Waals surface area contributed by atoms with Crippen LogP contribution in [0.5, 0.6) is 5.75 Å². The highest BCUT2D eigenvalue weighted by atomic mass is 16.6. The first kappa shape index (κ1) is 15.4. The molecule has 1 aromatic heterocycles. The maximum atomic E-state index is 11.6. The Morgan fingerprint density at radius 2 is 2.00 bits per heavy atom. The minimum Gasteiger partial charge on any atom is -0.497 e. The van der Waals surface area contributed by atoms with Crippen LogP contribution in [0.1, 0.15) is 10.4 Å². The van der Waals surface area contributed by atoms with Gasteiger partial charge in [0, 0.05) is 23.1 Å². The van der Waals surface area contributed by atoms with Crippen molar-refractivity contribution in [1.82, 2.24) is 4.98 Å². The van der Waals surface area contributed by atoms with Crippen LogP contribution in [0.15, 0.2) is 48.5 Å². The predicted molar refractivity (Wildman–Crippen MR) is 87.3 cm³/mol. The summed E-state index contributed by atoms with van der Waals surface area (Å²) in [4.78, 5) is 26.4. The first-order valence-corrected chi connectivity index (χ1v) is 6.96. The fourth-order valence-electron chi connectivity index (χ4n) is 2.44. The summed E-state index contributed by atoms with van der Waals surface area (Å²) in [7, 11) is 1.49. The highest BCUT2D eigenvalue weighted by Gasteiger charge is 2.15. The average Bonchev–Trinajstić information content (AvgIpc) is 2.60. The third-order valence-electron chi connectivity index (χ3n) is 3.60. The fourth-order valence-corrected chi connectivity index (χ4v) is 2.44. The quantitative estimate of drug-likeness (QED) is 0.582. The molecule has 0 aliphatic rings. The summed E-state index contributed by atoms with van der Waals surface area (Å²) >= 11 is 0. The highest BCUT2D eigenvalue weighted by Crippen LogP contribution is 2.29. The van der Waals surface area contributed by atoms with Gasteiger partial charge in [0.25, 0.3) is 5.69 Å². The van der Waals surface area contributed by atoms with Gasteiger partial charge in [-0.3, -0.25) is 10.1 Å². The number of nitro benzene ring substituents is 1. The van der Waals surface area contributed by atoms with Crippen molar-refractivity contribution >= 4 is 22.6 Å². The molecule has 0 bridgehead atoms. The van der Waals surface area contributed by atoms with E-state index in [1.165, 1.54) is 31.4 Å². The second-order valence-corrected chi connectivity index (χ2v) is 5.05. The molecule has 0 aliphatic carbocycles. The minimum absolute atomic E-state index is 0.0559. The lowest BCUT2D eigenvalue weighted by atomic mass is 10.0. The van der Waals surface area contributed by atoms with Crippen LogP contribution < -0.4 is 4.74 Å². The maximum Gasteiger partial charge on any atom is 0.336 e. The Morgan fingerprint density at radius 1 is 1.21 bits per heavy atom. The number of carbonyl (C=O) groups is 1. The summed E-state index contributed by atoms with van der Waals surface area (Å²) in [6.07, 6.45) is 0. The van der Waals surface area contributed by atoms with Crippen LogP contribution in [-0.2, 0) is 0 Å². The van der Waals surface area contributed by atoms with E-state index in [0.717, 1.165) is 0 Å². The van der Waals surface area contributed by atoms with E-state index < -0.39 is 10.9 Å². The van der Waals surface area contributed by atoms with Gasteiger partial charge in [0.2, 0.25) is 0 Å². The number of pyridine rings is 1. The summed E-state index contributed by atoms with van der Waals surface area (Å²) in [5.74, 6) is -0.586. The Hall–Kier alpha value is -3.48. The third-order valence-corrected chi connectivity index (χ3v) is 3.60. The van der Waals surface area contributed by atoms with Gasteiger partial charge in [0.1, 0.15) is 5.75 Å². The molecule has 2 aromatic carbocycles. The van der Waals surface area contributed by atoms with Crippen LogP contribution in [0.4, 0.5) is 5.69 Å². The second-order valence-electron chi connectivity index (χ2n) is 5.05. The van der Waals surface area contributed by atoms with E-state index >= 15 is 0 Å². The normalized spacial score (nSPS) is 10.5. The van der Waals surface area contributed by atoms with Crippen LogP contribution >= 0.6 is 0 Å². The Bertz CT molecular complexity index is 968. The zero-order chi connectivity index (χ0) is 17.3. The van der Waals surface area contributed by atoms with Crippen molar-refractivity contribution in [2.75, 3.05) is 7.11 Å². The molecule has 0 unspecified atom stereocenters. The average molecular weight is 324 g/mol. The fraction of sp³-hybridized carbons (Fsp3) is 0.0588. The number of benzene rings is 2. The number of aromatic carboxylic acids is 1. The third kappa shape index (κ3) is 2.74. The molecular weight excluding hydrogens is 312 g/mol. The number of nitro groups is 1. The Balaban J connectivity index is 2.25. The number of hydrogen-bond donors (Lipinski definition) is 1. The number of nitrogens with zero attached hydrogens (tertiary/aromatic N) is 2. The minimum atomic E-state index is -1.11. The van der Waals surface area contributed by atoms with E-state index in [0.29, 0.717) is 27.9 Å². The number of non-ortho nitro benzene ring substituents is 1. The SMILES string of the molecule is COc1ccc2nc(-c3cccc([N+](=O)[O-])c3)cc(C(=O)O)c2c1. The van der Waals surface area contributed by atoms with Gasteiger partial charge in [0.05, 0.1) is 28.8 Å². The number of carboxylic acid groups (broad SMARTS) is 1. The van der Waals surface area contributed by atoms with Crippen molar-refractivity contribution in [3.8, 4) is 17.0 Å². The van der Waals surface area contributed by atoms with Crippen molar-refractivity contribution < 1.29 is 19.6 Å². The number of carboxylic acids is 1. The first-order valence-electron chi connectivity index (χ1n) is 6.96. The predicted octanol–water partition coefficient (Wildman–Crippen LogP) is 3.52. The monoisotopic (exact) mass is 324 g/mol. The van der Waals surface area contributed by atoms with Crippen molar-refractivity contribution in [2.24, 2.45) is 0 Å². The van der Waals surface area contributed by atoms with Crippen LogP contribution in [0.25, 0.3) is 22.2 Å². The van der Waals surface area contributed by atoms with Gasteiger partial charge in [0.15, 0.2) is 0 Å². The van der Waals surface area contributed by atoms with Crippen LogP contribution in [0.3, 0.4) is 0 Å². The van der Waals surface area contributed by atoms with E-state index in [9.17, 15) is 20.0 Å². The van der Waals surface area contributed by atoms with E-state index in [1.54, 1.807) is 24.3 Å². The largest absolute Gasteiger partial charge is 0.497 e. The molecule has 0 fully saturated rings. The molecule has 7 heteroatoms. The molecule has 24 heavy (non-hydrogen) atoms. The lowest BCUT2D eigenvalue weighted by Gasteiger charge is -2.08. The Labute approximate surface area is 136 Å². The first-order chi connectivity index (χ1) is 11.5. The van der Waals surface area contributed by atoms with Crippen LogP contribution in [-0.4, -0.2) is 28.1 Å². The Kier molecular flexibility index (Phi) is 3.83. The smallest absolute Gasteiger partial charge is 0.336 e. The van der Waals surface area contributed by atoms with Crippen LogP contribution in [0, 0.1) is 10.1 Å². The summed E-state index contributed by atoms with van der Waals surface area (Å²) in [5.41, 5.74) is 1.27. The van der Waals surface area contributed by atoms with Crippen LogP contribution in [0.2, 0.25) is 0 Å². The van der Waals surface area contributed by atoms with Gasteiger partial charge in [-0.25, -0.2) is 9.78 Å². The number of ether oxygens (including phenoxy) is 1. The molecule has 3 aromatic rings. The molecule has 3 rings (SSSR count). The molecule has 0 spiro atoms. The molecule has 7 nitrogen and oxygen atoms in total. The molecular formula is C17H12N2O5. The number of methoxy groups -OCH3 is 1. The van der Waals surface area contributed by atoms with E-state index in [-0.39, 0.29) is 11.3 Å². The maximum absolute atomic E-state index is 11.6.